The summed E-state index contributed by atoms with van der Waals surface area (Å²) in [6.07, 6.45) is 3.41. The van der Waals surface area contributed by atoms with E-state index in [1.807, 2.05) is 24.3 Å². The van der Waals surface area contributed by atoms with Crippen molar-refractivity contribution in [3.05, 3.63) is 45.8 Å². The zero-order valence-corrected chi connectivity index (χ0v) is 10.6. The highest BCUT2D eigenvalue weighted by Crippen LogP contribution is 2.18. The average molecular weight is 327 g/mol. The lowest BCUT2D eigenvalue weighted by Crippen LogP contribution is -1.97. The summed E-state index contributed by atoms with van der Waals surface area (Å²) in [5, 5.41) is 0. The monoisotopic (exact) mass is 327 g/mol. The van der Waals surface area contributed by atoms with Crippen molar-refractivity contribution in [1.82, 2.24) is 9.97 Å². The van der Waals surface area contributed by atoms with E-state index in [1.165, 1.54) is 0 Å². The van der Waals surface area contributed by atoms with Gasteiger partial charge in [0.15, 0.2) is 0 Å². The van der Waals surface area contributed by atoms with Crippen molar-refractivity contribution >= 4 is 22.6 Å². The molecule has 2 rings (SSSR count). The molecule has 0 unspecified atom stereocenters. The number of hydrogen-bond donors (Lipinski definition) is 1. The van der Waals surface area contributed by atoms with Crippen molar-refractivity contribution in [2.75, 3.05) is 0 Å². The van der Waals surface area contributed by atoms with Crippen LogP contribution in [0.4, 0.5) is 0 Å². The second-order valence-corrected chi connectivity index (χ2v) is 4.38. The molecule has 0 saturated carbocycles. The first kappa shape index (κ1) is 11.3. The van der Waals surface area contributed by atoms with Crippen LogP contribution < -0.4 is 10.5 Å². The minimum absolute atomic E-state index is 0.342. The first-order valence-electron chi connectivity index (χ1n) is 4.72. The van der Waals surface area contributed by atoms with Crippen molar-refractivity contribution in [3.63, 3.8) is 0 Å². The van der Waals surface area contributed by atoms with E-state index in [9.17, 15) is 0 Å². The lowest BCUT2D eigenvalue weighted by atomic mass is 10.2. The summed E-state index contributed by atoms with van der Waals surface area (Å²) in [7, 11) is 0. The van der Waals surface area contributed by atoms with Crippen LogP contribution in [0.5, 0.6) is 11.8 Å². The molecule has 0 bridgehead atoms. The SMILES string of the molecule is NCc1cccc(Oc2ncc(I)cn2)c1. The van der Waals surface area contributed by atoms with Crippen LogP contribution in [0.15, 0.2) is 36.7 Å². The summed E-state index contributed by atoms with van der Waals surface area (Å²) in [4.78, 5) is 8.11. The topological polar surface area (TPSA) is 61.0 Å². The molecule has 0 fully saturated rings. The summed E-state index contributed by atoms with van der Waals surface area (Å²) in [5.74, 6) is 0.698. The lowest BCUT2D eigenvalue weighted by molar-refractivity contribution is 0.441. The zero-order valence-electron chi connectivity index (χ0n) is 8.43. The molecule has 0 radical (unpaired) electrons. The molecular formula is C11H10IN3O. The number of hydrogen-bond acceptors (Lipinski definition) is 4. The van der Waals surface area contributed by atoms with E-state index in [0.29, 0.717) is 18.3 Å². The maximum absolute atomic E-state index is 5.54. The third-order valence-electron chi connectivity index (χ3n) is 1.94. The third kappa shape index (κ3) is 2.89. The van der Waals surface area contributed by atoms with Gasteiger partial charge in [-0.3, -0.25) is 0 Å². The van der Waals surface area contributed by atoms with Gasteiger partial charge >= 0.3 is 6.01 Å². The lowest BCUT2D eigenvalue weighted by Gasteiger charge is -2.04. The van der Waals surface area contributed by atoms with Gasteiger partial charge in [0.05, 0.1) is 0 Å². The van der Waals surface area contributed by atoms with Crippen molar-refractivity contribution in [3.8, 4) is 11.8 Å². The minimum Gasteiger partial charge on any atom is -0.424 e. The van der Waals surface area contributed by atoms with Crippen molar-refractivity contribution < 1.29 is 4.74 Å². The van der Waals surface area contributed by atoms with Gasteiger partial charge in [-0.2, -0.15) is 0 Å². The molecule has 0 atom stereocenters. The highest BCUT2D eigenvalue weighted by atomic mass is 127. The molecule has 2 N–H and O–H groups in total. The van der Waals surface area contributed by atoms with Crippen LogP contribution in [-0.2, 0) is 6.54 Å². The smallest absolute Gasteiger partial charge is 0.321 e. The Morgan fingerprint density at radius 3 is 2.69 bits per heavy atom. The quantitative estimate of drug-likeness (QED) is 0.879. The number of nitrogens with zero attached hydrogens (tertiary/aromatic N) is 2. The summed E-state index contributed by atoms with van der Waals surface area (Å²) < 4.78 is 6.47. The Morgan fingerprint density at radius 1 is 1.25 bits per heavy atom. The molecule has 1 heterocycles. The number of nitrogens with two attached hydrogens (primary N) is 1. The van der Waals surface area contributed by atoms with Crippen LogP contribution >= 0.6 is 22.6 Å². The van der Waals surface area contributed by atoms with Gasteiger partial charge in [0, 0.05) is 22.5 Å². The van der Waals surface area contributed by atoms with Gasteiger partial charge in [-0.05, 0) is 40.3 Å². The van der Waals surface area contributed by atoms with Gasteiger partial charge in [-0.1, -0.05) is 12.1 Å². The van der Waals surface area contributed by atoms with E-state index < -0.39 is 0 Å². The first-order valence-corrected chi connectivity index (χ1v) is 5.80. The average Bonchev–Trinajstić information content (AvgIpc) is 2.32. The Balaban J connectivity index is 2.16. The second-order valence-electron chi connectivity index (χ2n) is 3.14. The van der Waals surface area contributed by atoms with E-state index in [4.69, 9.17) is 10.5 Å². The fourth-order valence-electron chi connectivity index (χ4n) is 1.19. The first-order chi connectivity index (χ1) is 7.78. The molecule has 4 nitrogen and oxygen atoms in total. The molecule has 5 heteroatoms. The largest absolute Gasteiger partial charge is 0.424 e. The fourth-order valence-corrected chi connectivity index (χ4v) is 1.47. The molecule has 16 heavy (non-hydrogen) atoms. The van der Waals surface area contributed by atoms with Gasteiger partial charge in [0.25, 0.3) is 0 Å². The molecule has 1 aromatic heterocycles. The van der Waals surface area contributed by atoms with Gasteiger partial charge < -0.3 is 10.5 Å². The van der Waals surface area contributed by atoms with Crippen molar-refractivity contribution in [2.24, 2.45) is 5.73 Å². The molecule has 0 amide bonds. The van der Waals surface area contributed by atoms with Crippen molar-refractivity contribution in [2.45, 2.75) is 6.54 Å². The van der Waals surface area contributed by atoms with Crippen LogP contribution in [0, 0.1) is 3.57 Å². The highest BCUT2D eigenvalue weighted by molar-refractivity contribution is 14.1. The summed E-state index contributed by atoms with van der Waals surface area (Å²) in [5.41, 5.74) is 6.56. The Bertz CT molecular complexity index is 473. The predicted molar refractivity (Wildman–Crippen MR) is 69.2 cm³/mol. The van der Waals surface area contributed by atoms with Gasteiger partial charge in [-0.25, -0.2) is 9.97 Å². The standard InChI is InChI=1S/C11H10IN3O/c12-9-6-14-11(15-7-9)16-10-3-1-2-8(4-10)5-13/h1-4,6-7H,5,13H2. The van der Waals surface area contributed by atoms with Crippen molar-refractivity contribution in [1.29, 1.82) is 0 Å². The number of ether oxygens (including phenoxy) is 1. The summed E-state index contributed by atoms with van der Waals surface area (Å²) in [6, 6.07) is 7.91. The van der Waals surface area contributed by atoms with E-state index >= 15 is 0 Å². The van der Waals surface area contributed by atoms with Crippen LogP contribution in [0.1, 0.15) is 5.56 Å². The molecule has 0 aliphatic rings. The molecule has 0 saturated heterocycles. The van der Waals surface area contributed by atoms with E-state index in [-0.39, 0.29) is 0 Å². The Kier molecular flexibility index (Phi) is 3.68. The number of halogens is 1. The van der Waals surface area contributed by atoms with E-state index in [0.717, 1.165) is 9.13 Å². The molecule has 1 aromatic carbocycles. The predicted octanol–water partition coefficient (Wildman–Crippen LogP) is 2.33. The molecular weight excluding hydrogens is 317 g/mol. The maximum Gasteiger partial charge on any atom is 0.321 e. The zero-order chi connectivity index (χ0) is 11.4. The highest BCUT2D eigenvalue weighted by Gasteiger charge is 2.00. The van der Waals surface area contributed by atoms with Gasteiger partial charge in [0.1, 0.15) is 5.75 Å². The molecule has 0 aliphatic heterocycles. The Labute approximate surface area is 107 Å². The van der Waals surface area contributed by atoms with Crippen LogP contribution in [0.25, 0.3) is 0 Å². The maximum atomic E-state index is 5.54. The van der Waals surface area contributed by atoms with Gasteiger partial charge in [0.2, 0.25) is 0 Å². The molecule has 2 aromatic rings. The van der Waals surface area contributed by atoms with E-state index in [2.05, 4.69) is 32.6 Å². The second kappa shape index (κ2) is 5.22. The number of aromatic nitrogens is 2. The van der Waals surface area contributed by atoms with E-state index in [1.54, 1.807) is 12.4 Å². The molecule has 0 aliphatic carbocycles. The number of rotatable bonds is 3. The Morgan fingerprint density at radius 2 is 2.00 bits per heavy atom. The van der Waals surface area contributed by atoms with Crippen LogP contribution in [-0.4, -0.2) is 9.97 Å². The molecule has 0 spiro atoms. The Hall–Kier alpha value is -1.21. The molecule has 82 valence electrons. The van der Waals surface area contributed by atoms with Crippen LogP contribution in [0.2, 0.25) is 0 Å². The third-order valence-corrected chi connectivity index (χ3v) is 2.50. The number of benzene rings is 1. The minimum atomic E-state index is 0.342. The normalized spacial score (nSPS) is 10.1. The summed E-state index contributed by atoms with van der Waals surface area (Å²) >= 11 is 2.14. The fraction of sp³-hybridized carbons (Fsp3) is 0.0909. The van der Waals surface area contributed by atoms with Crippen LogP contribution in [0.3, 0.4) is 0 Å². The van der Waals surface area contributed by atoms with Gasteiger partial charge in [-0.15, -0.1) is 0 Å². The summed E-state index contributed by atoms with van der Waals surface area (Å²) in [6.45, 7) is 0.491.